The maximum atomic E-state index is 14.6. The normalized spacial score (nSPS) is 14.7. The van der Waals surface area contributed by atoms with Crippen LogP contribution in [-0.4, -0.2) is 91.4 Å². The van der Waals surface area contributed by atoms with E-state index in [1.165, 1.54) is 9.13 Å². The van der Waals surface area contributed by atoms with Crippen molar-refractivity contribution < 1.29 is 0 Å². The molecule has 7 aromatic rings. The lowest BCUT2D eigenvalue weighted by atomic mass is 9.84. The number of hydrogen-bond acceptors (Lipinski definition) is 14. The van der Waals surface area contributed by atoms with Crippen LogP contribution in [-0.2, 0) is 52.2 Å². The highest BCUT2D eigenvalue weighted by atomic mass is 16.2. The van der Waals surface area contributed by atoms with Gasteiger partial charge in [0.25, 0.3) is 11.1 Å². The molecule has 0 saturated carbocycles. The Kier molecular flexibility index (Phi) is 12.7. The Morgan fingerprint density at radius 2 is 1.19 bits per heavy atom. The molecule has 0 saturated heterocycles. The number of rotatable bonds is 14. The lowest BCUT2D eigenvalue weighted by molar-refractivity contribution is 0.483. The highest BCUT2D eigenvalue weighted by Gasteiger charge is 2.35. The molecule has 0 bridgehead atoms. The lowest BCUT2D eigenvalue weighted by Gasteiger charge is -2.34. The van der Waals surface area contributed by atoms with E-state index in [0.29, 0.717) is 42.0 Å². The second-order valence-electron chi connectivity index (χ2n) is 19.6. The van der Waals surface area contributed by atoms with Gasteiger partial charge >= 0.3 is 11.4 Å². The maximum absolute atomic E-state index is 14.6. The first kappa shape index (κ1) is 48.6. The van der Waals surface area contributed by atoms with Gasteiger partial charge in [0.1, 0.15) is 11.7 Å². The number of amidine groups is 1. The predicted octanol–water partition coefficient (Wildman–Crippen LogP) is 2.47. The van der Waals surface area contributed by atoms with Crippen molar-refractivity contribution in [3.8, 4) is 23.7 Å². The van der Waals surface area contributed by atoms with Gasteiger partial charge in [-0.05, 0) is 60.6 Å². The molecule has 6 heterocycles. The number of para-hydroxylation sites is 2. The topological polar surface area (TPSA) is 232 Å². The molecule has 0 fully saturated rings. The summed E-state index contributed by atoms with van der Waals surface area (Å²) in [5, 5.41) is 4.15. The molecule has 1 aliphatic heterocycles. The zero-order chi connectivity index (χ0) is 50.6. The summed E-state index contributed by atoms with van der Waals surface area (Å²) in [5.74, 6) is 13.4. The van der Waals surface area contributed by atoms with Gasteiger partial charge in [0, 0.05) is 75.4 Å². The van der Waals surface area contributed by atoms with Gasteiger partial charge in [-0.1, -0.05) is 48.2 Å². The molecule has 0 aliphatic carbocycles. The molecular formula is C50H60N16O4. The van der Waals surface area contributed by atoms with E-state index in [0.717, 1.165) is 25.8 Å². The summed E-state index contributed by atoms with van der Waals surface area (Å²) in [6.45, 7) is 13.7. The van der Waals surface area contributed by atoms with Gasteiger partial charge in [-0.15, -0.1) is 11.8 Å². The molecule has 0 spiro atoms. The van der Waals surface area contributed by atoms with Crippen LogP contribution in [0.5, 0.6) is 0 Å². The van der Waals surface area contributed by atoms with Crippen molar-refractivity contribution in [3.05, 3.63) is 107 Å². The number of hydrogen-bond donors (Lipinski definition) is 3. The van der Waals surface area contributed by atoms with Crippen LogP contribution < -0.4 is 49.1 Å². The number of nitrogens with one attached hydrogen (secondary N) is 1. The molecule has 70 heavy (non-hydrogen) atoms. The van der Waals surface area contributed by atoms with Gasteiger partial charge in [0.2, 0.25) is 11.9 Å². The zero-order valence-electron chi connectivity index (χ0n) is 41.7. The van der Waals surface area contributed by atoms with Crippen molar-refractivity contribution in [2.45, 2.75) is 97.7 Å². The van der Waals surface area contributed by atoms with Crippen molar-refractivity contribution in [3.63, 3.8) is 0 Å². The molecule has 1 unspecified atom stereocenters. The van der Waals surface area contributed by atoms with Crippen LogP contribution in [0.25, 0.3) is 33.2 Å². The number of benzene rings is 2. The van der Waals surface area contributed by atoms with Gasteiger partial charge < -0.3 is 26.6 Å². The Balaban J connectivity index is 1.22. The van der Waals surface area contributed by atoms with E-state index in [4.69, 9.17) is 36.4 Å². The van der Waals surface area contributed by atoms with E-state index in [2.05, 4.69) is 29.0 Å². The number of imidazole rings is 2. The number of aliphatic imine (C=N–C) groups is 1. The molecule has 2 aromatic carbocycles. The average molecular weight is 949 g/mol. The third-order valence-electron chi connectivity index (χ3n) is 12.2. The minimum atomic E-state index is -1.01. The Morgan fingerprint density at radius 1 is 0.686 bits per heavy atom. The Labute approximate surface area is 404 Å². The van der Waals surface area contributed by atoms with Gasteiger partial charge in [-0.2, -0.15) is 9.97 Å². The first-order chi connectivity index (χ1) is 33.0. The van der Waals surface area contributed by atoms with E-state index in [9.17, 15) is 19.2 Å². The number of aromatic nitrogens is 10. The van der Waals surface area contributed by atoms with E-state index in [1.807, 2.05) is 107 Å². The Morgan fingerprint density at radius 3 is 1.71 bits per heavy atom. The fourth-order valence-electron chi connectivity index (χ4n) is 9.39. The minimum Gasteiger partial charge on any atom is -0.343 e. The van der Waals surface area contributed by atoms with Gasteiger partial charge in [0.15, 0.2) is 22.3 Å². The largest absolute Gasteiger partial charge is 0.343 e. The molecular weight excluding hydrogens is 889 g/mol. The molecule has 5 N–H and O–H groups in total. The fourth-order valence-corrected chi connectivity index (χ4v) is 9.39. The quantitative estimate of drug-likeness (QED) is 0.133. The lowest BCUT2D eigenvalue weighted by Crippen LogP contribution is -2.45. The molecule has 1 atom stereocenters. The molecule has 0 radical (unpaired) electrons. The summed E-state index contributed by atoms with van der Waals surface area (Å²) in [7, 11) is 6.84. The highest BCUT2D eigenvalue weighted by molar-refractivity contribution is 5.98. The summed E-state index contributed by atoms with van der Waals surface area (Å²) in [6.07, 6.45) is 0.231. The summed E-state index contributed by atoms with van der Waals surface area (Å²) < 4.78 is 8.44. The minimum absolute atomic E-state index is 0.155. The summed E-state index contributed by atoms with van der Waals surface area (Å²) >= 11 is 0. The number of nitrogens with two attached hydrogens (primary N) is 2. The molecule has 20 nitrogen and oxygen atoms in total. The third-order valence-corrected chi connectivity index (χ3v) is 12.2. The maximum Gasteiger partial charge on any atom is 0.332 e. The first-order valence-electron chi connectivity index (χ1n) is 22.9. The van der Waals surface area contributed by atoms with Crippen LogP contribution in [0, 0.1) is 23.7 Å². The van der Waals surface area contributed by atoms with Gasteiger partial charge in [-0.3, -0.25) is 42.0 Å². The number of aryl methyl sites for hydroxylation is 2. The first-order valence-corrected chi connectivity index (χ1v) is 22.9. The van der Waals surface area contributed by atoms with Crippen molar-refractivity contribution >= 4 is 56.7 Å². The van der Waals surface area contributed by atoms with Crippen molar-refractivity contribution in [1.82, 2.24) is 47.3 Å². The number of nitrogens with zero attached hydrogens (tertiary/aromatic N) is 13. The van der Waals surface area contributed by atoms with Gasteiger partial charge in [0.05, 0.1) is 42.9 Å². The van der Waals surface area contributed by atoms with Crippen LogP contribution in [0.2, 0.25) is 0 Å². The van der Waals surface area contributed by atoms with Crippen LogP contribution in [0.3, 0.4) is 0 Å². The van der Waals surface area contributed by atoms with Crippen molar-refractivity contribution in [2.75, 3.05) is 42.3 Å². The highest BCUT2D eigenvalue weighted by Crippen LogP contribution is 2.39. The second kappa shape index (κ2) is 18.3. The second-order valence-corrected chi connectivity index (χ2v) is 19.6. The average Bonchev–Trinajstić information content (AvgIpc) is 3.88. The summed E-state index contributed by atoms with van der Waals surface area (Å²) in [6, 6.07) is 15.3. The number of fused-ring (bicyclic) bond motifs is 4. The molecule has 20 heteroatoms. The van der Waals surface area contributed by atoms with E-state index in [1.54, 1.807) is 37.1 Å². The van der Waals surface area contributed by atoms with Crippen LogP contribution in [0.15, 0.2) is 72.7 Å². The Hall–Kier alpha value is -7.81. The van der Waals surface area contributed by atoms with Crippen molar-refractivity contribution in [2.24, 2.45) is 30.6 Å². The molecule has 1 aliphatic rings. The Bertz CT molecular complexity index is 3640. The standard InChI is InChI=1S/C50H60N16O4/c1-12-14-24-63-38-40(56-44(63)59(8)29-48(3,4)51)61(10)46(69)65(42(38)67)27-36-53-33-22-18-16-20-31(33)35(55-36)26-50(7)32-21-17-19-23-34(32)54-37(58-50)28-66-43(68)39-41(62(11)47(66)70)57-45(64(39)25-15-13-2)60(9)30-49(5,6)52/h16-23H,24-30,51-52H2,1-11H3,(H,54,58). The van der Waals surface area contributed by atoms with Crippen LogP contribution in [0.4, 0.5) is 17.6 Å². The van der Waals surface area contributed by atoms with Crippen LogP contribution in [0.1, 0.15) is 65.5 Å². The molecule has 5 aromatic heterocycles. The predicted molar refractivity (Wildman–Crippen MR) is 276 cm³/mol. The summed E-state index contributed by atoms with van der Waals surface area (Å²) in [4.78, 5) is 86.0. The number of anilines is 3. The fraction of sp³-hybridized carbons (Fsp3) is 0.420. The summed E-state index contributed by atoms with van der Waals surface area (Å²) in [5.41, 5.74) is 12.0. The smallest absolute Gasteiger partial charge is 0.332 e. The monoisotopic (exact) mass is 948 g/mol. The molecule has 8 rings (SSSR count). The van der Waals surface area contributed by atoms with Crippen LogP contribution >= 0.6 is 0 Å². The molecule has 364 valence electrons. The SMILES string of the molecule is CC#CCn1c(N(C)CC(C)(C)N)nc2c1c(=O)n(CC1=NC(C)(Cc3nc(Cn4c(=O)c5c(nc(N(C)CC(C)(C)N)n5CC#CC)n(C)c4=O)nc4ccccc34)c3ccccc3N1)c(=O)n2C. The number of likely N-dealkylation sites (N-methyl/N-ethyl adjacent to an activating group) is 2. The molecule has 0 amide bonds. The van der Waals surface area contributed by atoms with E-state index >= 15 is 0 Å². The van der Waals surface area contributed by atoms with E-state index in [-0.39, 0.29) is 60.8 Å². The van der Waals surface area contributed by atoms with Gasteiger partial charge in [-0.25, -0.2) is 19.6 Å². The zero-order valence-corrected chi connectivity index (χ0v) is 41.7. The van der Waals surface area contributed by atoms with Crippen molar-refractivity contribution in [1.29, 1.82) is 0 Å². The van der Waals surface area contributed by atoms with E-state index < -0.39 is 39.1 Å². The third kappa shape index (κ3) is 9.10.